The summed E-state index contributed by atoms with van der Waals surface area (Å²) < 4.78 is 5.03. The first-order valence-electron chi connectivity index (χ1n) is 5.21. The van der Waals surface area contributed by atoms with Gasteiger partial charge in [-0.2, -0.15) is 0 Å². The topological polar surface area (TPSA) is 43.4 Å². The van der Waals surface area contributed by atoms with Crippen LogP contribution in [0.2, 0.25) is 0 Å². The number of esters is 1. The molecule has 2 atom stereocenters. The molecule has 15 heavy (non-hydrogen) atoms. The van der Waals surface area contributed by atoms with Crippen LogP contribution in [0, 0.1) is 5.92 Å². The first-order valence-corrected chi connectivity index (χ1v) is 5.21. The molecule has 0 fully saturated rings. The number of hydrogen-bond acceptors (Lipinski definition) is 3. The summed E-state index contributed by atoms with van der Waals surface area (Å²) >= 11 is 0. The smallest absolute Gasteiger partial charge is 0.303 e. The molecule has 1 aliphatic rings. The summed E-state index contributed by atoms with van der Waals surface area (Å²) in [5, 5.41) is 0. The van der Waals surface area contributed by atoms with Gasteiger partial charge in [0.2, 0.25) is 0 Å². The Morgan fingerprint density at radius 3 is 2.93 bits per heavy atom. The summed E-state index contributed by atoms with van der Waals surface area (Å²) in [7, 11) is 0. The van der Waals surface area contributed by atoms with Crippen LogP contribution in [0.5, 0.6) is 0 Å². The second kappa shape index (κ2) is 5.49. The van der Waals surface area contributed by atoms with E-state index in [0.29, 0.717) is 0 Å². The van der Waals surface area contributed by atoms with Crippen molar-refractivity contribution >= 4 is 11.8 Å². The molecule has 0 radical (unpaired) electrons. The average Bonchev–Trinajstić information content (AvgIpc) is 2.49. The van der Waals surface area contributed by atoms with E-state index in [1.165, 1.54) is 13.0 Å². The lowest BCUT2D eigenvalue weighted by atomic mass is 10.0. The molecule has 0 bridgehead atoms. The van der Waals surface area contributed by atoms with E-state index in [9.17, 15) is 9.59 Å². The van der Waals surface area contributed by atoms with Crippen molar-refractivity contribution in [1.29, 1.82) is 0 Å². The Kier molecular flexibility index (Phi) is 4.28. The highest BCUT2D eigenvalue weighted by molar-refractivity contribution is 5.96. The van der Waals surface area contributed by atoms with Crippen LogP contribution in [-0.4, -0.2) is 17.9 Å². The number of rotatable bonds is 4. The van der Waals surface area contributed by atoms with Crippen LogP contribution in [0.1, 0.15) is 26.7 Å². The van der Waals surface area contributed by atoms with Gasteiger partial charge in [0.25, 0.3) is 0 Å². The van der Waals surface area contributed by atoms with Crippen molar-refractivity contribution in [3.05, 3.63) is 24.3 Å². The zero-order valence-electron chi connectivity index (χ0n) is 9.10. The lowest BCUT2D eigenvalue weighted by Gasteiger charge is -2.14. The van der Waals surface area contributed by atoms with E-state index in [1.807, 2.05) is 12.2 Å². The number of carbonyl (C=O) groups excluding carboxylic acids is 2. The van der Waals surface area contributed by atoms with E-state index >= 15 is 0 Å². The number of unbranched alkanes of at least 4 members (excludes halogenated alkanes) is 1. The van der Waals surface area contributed by atoms with E-state index < -0.39 is 6.10 Å². The van der Waals surface area contributed by atoms with Gasteiger partial charge in [0.05, 0.1) is 5.92 Å². The molecule has 0 saturated heterocycles. The zero-order valence-corrected chi connectivity index (χ0v) is 9.10. The third-order valence-electron chi connectivity index (χ3n) is 2.23. The molecule has 1 aliphatic carbocycles. The highest BCUT2D eigenvalue weighted by atomic mass is 16.5. The molecule has 2 unspecified atom stereocenters. The highest BCUT2D eigenvalue weighted by Gasteiger charge is 2.29. The Morgan fingerprint density at radius 2 is 2.33 bits per heavy atom. The minimum absolute atomic E-state index is 0.00797. The van der Waals surface area contributed by atoms with E-state index in [-0.39, 0.29) is 17.7 Å². The Hall–Kier alpha value is -1.38. The third-order valence-corrected chi connectivity index (χ3v) is 2.23. The SMILES string of the molecule is CCC/C=C/C1C(=O)C=CC1OC(C)=O. The first-order chi connectivity index (χ1) is 7.15. The summed E-state index contributed by atoms with van der Waals surface area (Å²) in [5.74, 6) is -0.665. The molecule has 0 spiro atoms. The molecule has 0 amide bonds. The second-order valence-corrected chi connectivity index (χ2v) is 3.58. The van der Waals surface area contributed by atoms with E-state index in [1.54, 1.807) is 6.08 Å². The molecule has 1 rings (SSSR count). The summed E-state index contributed by atoms with van der Waals surface area (Å²) in [4.78, 5) is 22.2. The summed E-state index contributed by atoms with van der Waals surface area (Å²) in [6.07, 6.45) is 8.49. The normalized spacial score (nSPS) is 25.1. The minimum atomic E-state index is -0.414. The van der Waals surface area contributed by atoms with Crippen LogP contribution < -0.4 is 0 Å². The average molecular weight is 208 g/mol. The van der Waals surface area contributed by atoms with Gasteiger partial charge < -0.3 is 4.74 Å². The maximum absolute atomic E-state index is 11.4. The van der Waals surface area contributed by atoms with Crippen molar-refractivity contribution in [2.24, 2.45) is 5.92 Å². The predicted molar refractivity (Wildman–Crippen MR) is 57.2 cm³/mol. The van der Waals surface area contributed by atoms with Crippen molar-refractivity contribution < 1.29 is 14.3 Å². The maximum atomic E-state index is 11.4. The van der Waals surface area contributed by atoms with Crippen LogP contribution in [0.4, 0.5) is 0 Å². The quantitative estimate of drug-likeness (QED) is 0.524. The number of hydrogen-bond donors (Lipinski definition) is 0. The molecule has 0 saturated carbocycles. The molecule has 3 nitrogen and oxygen atoms in total. The Balaban J connectivity index is 2.59. The molecule has 0 N–H and O–H groups in total. The van der Waals surface area contributed by atoms with E-state index in [0.717, 1.165) is 12.8 Å². The van der Waals surface area contributed by atoms with Crippen LogP contribution in [0.3, 0.4) is 0 Å². The fourth-order valence-electron chi connectivity index (χ4n) is 1.50. The standard InChI is InChI=1S/C12H16O3/c1-3-4-5-6-10-11(14)7-8-12(10)15-9(2)13/h5-8,10,12H,3-4H2,1-2H3/b6-5+. The molecule has 0 heterocycles. The van der Waals surface area contributed by atoms with Crippen LogP contribution in [0.15, 0.2) is 24.3 Å². The molecule has 0 aliphatic heterocycles. The highest BCUT2D eigenvalue weighted by Crippen LogP contribution is 2.20. The summed E-state index contributed by atoms with van der Waals surface area (Å²) in [6.45, 7) is 3.42. The van der Waals surface area contributed by atoms with Gasteiger partial charge >= 0.3 is 5.97 Å². The predicted octanol–water partition coefficient (Wildman–Crippen LogP) is 2.03. The Morgan fingerprint density at radius 1 is 1.60 bits per heavy atom. The van der Waals surface area contributed by atoms with Crippen molar-refractivity contribution in [3.63, 3.8) is 0 Å². The maximum Gasteiger partial charge on any atom is 0.303 e. The van der Waals surface area contributed by atoms with Gasteiger partial charge in [-0.3, -0.25) is 9.59 Å². The molecule has 0 aromatic rings. The largest absolute Gasteiger partial charge is 0.457 e. The van der Waals surface area contributed by atoms with Gasteiger partial charge in [-0.15, -0.1) is 0 Å². The fourth-order valence-corrected chi connectivity index (χ4v) is 1.50. The minimum Gasteiger partial charge on any atom is -0.457 e. The van der Waals surface area contributed by atoms with E-state index in [4.69, 9.17) is 4.74 Å². The lowest BCUT2D eigenvalue weighted by Crippen LogP contribution is -2.23. The van der Waals surface area contributed by atoms with Crippen molar-refractivity contribution in [2.45, 2.75) is 32.8 Å². The molecule has 0 aromatic heterocycles. The molecular formula is C12H16O3. The zero-order chi connectivity index (χ0) is 11.3. The number of carbonyl (C=O) groups is 2. The van der Waals surface area contributed by atoms with Crippen molar-refractivity contribution in [2.75, 3.05) is 0 Å². The molecular weight excluding hydrogens is 192 g/mol. The Labute approximate surface area is 89.8 Å². The van der Waals surface area contributed by atoms with Crippen LogP contribution in [-0.2, 0) is 14.3 Å². The van der Waals surface area contributed by atoms with Gasteiger partial charge in [0, 0.05) is 6.92 Å². The second-order valence-electron chi connectivity index (χ2n) is 3.58. The van der Waals surface area contributed by atoms with Gasteiger partial charge in [-0.05, 0) is 18.6 Å². The van der Waals surface area contributed by atoms with Crippen LogP contribution in [0.25, 0.3) is 0 Å². The third kappa shape index (κ3) is 3.35. The lowest BCUT2D eigenvalue weighted by molar-refractivity contribution is -0.145. The van der Waals surface area contributed by atoms with Gasteiger partial charge in [0.15, 0.2) is 5.78 Å². The number of ketones is 1. The van der Waals surface area contributed by atoms with Gasteiger partial charge in [-0.25, -0.2) is 0 Å². The summed E-state index contributed by atoms with van der Waals surface area (Å²) in [6, 6.07) is 0. The molecule has 82 valence electrons. The Bertz CT molecular complexity index is 302. The molecule has 3 heteroatoms. The van der Waals surface area contributed by atoms with Crippen LogP contribution >= 0.6 is 0 Å². The molecule has 0 aromatic carbocycles. The number of ether oxygens (including phenoxy) is 1. The monoisotopic (exact) mass is 208 g/mol. The van der Waals surface area contributed by atoms with Crippen molar-refractivity contribution in [1.82, 2.24) is 0 Å². The first kappa shape index (κ1) is 11.7. The fraction of sp³-hybridized carbons (Fsp3) is 0.500. The van der Waals surface area contributed by atoms with Gasteiger partial charge in [-0.1, -0.05) is 25.5 Å². The van der Waals surface area contributed by atoms with Gasteiger partial charge in [0.1, 0.15) is 6.10 Å². The number of allylic oxidation sites excluding steroid dienone is 2. The summed E-state index contributed by atoms with van der Waals surface area (Å²) in [5.41, 5.74) is 0. The van der Waals surface area contributed by atoms with Crippen molar-refractivity contribution in [3.8, 4) is 0 Å². The van der Waals surface area contributed by atoms with E-state index in [2.05, 4.69) is 6.92 Å².